The number of hydrogen-bond acceptors (Lipinski definition) is 5. The third-order valence-electron chi connectivity index (χ3n) is 3.36. The zero-order valence-electron chi connectivity index (χ0n) is 12.6. The molecular formula is C15H12ClF3N6. The first-order valence-corrected chi connectivity index (χ1v) is 7.44. The van der Waals surface area contributed by atoms with Crippen LogP contribution in [0.3, 0.4) is 0 Å². The lowest BCUT2D eigenvalue weighted by Crippen LogP contribution is -2.05. The van der Waals surface area contributed by atoms with Crippen LogP contribution in [0.5, 0.6) is 0 Å². The van der Waals surface area contributed by atoms with Crippen LogP contribution < -0.4 is 11.1 Å². The van der Waals surface area contributed by atoms with Gasteiger partial charge in [-0.15, -0.1) is 0 Å². The third-order valence-corrected chi connectivity index (χ3v) is 3.54. The number of alkyl halides is 3. The van der Waals surface area contributed by atoms with Crippen LogP contribution in [0.25, 0.3) is 11.4 Å². The van der Waals surface area contributed by atoms with Crippen LogP contribution in [0, 0.1) is 0 Å². The first-order valence-electron chi connectivity index (χ1n) is 7.06. The lowest BCUT2D eigenvalue weighted by Gasteiger charge is -2.08. The molecule has 4 N–H and O–H groups in total. The molecule has 3 rings (SSSR count). The summed E-state index contributed by atoms with van der Waals surface area (Å²) in [4.78, 5) is 13.8. The summed E-state index contributed by atoms with van der Waals surface area (Å²) in [5.74, 6) is 0.559. The lowest BCUT2D eigenvalue weighted by molar-refractivity contribution is -0.140. The topological polar surface area (TPSA) is 92.5 Å². The number of nitrogens with one attached hydrogen (secondary N) is 2. The van der Waals surface area contributed by atoms with E-state index < -0.39 is 11.9 Å². The van der Waals surface area contributed by atoms with Crippen molar-refractivity contribution in [2.24, 2.45) is 0 Å². The van der Waals surface area contributed by atoms with Gasteiger partial charge in [0, 0.05) is 12.1 Å². The Morgan fingerprint density at radius 1 is 1.12 bits per heavy atom. The number of benzene rings is 1. The average Bonchev–Trinajstić information content (AvgIpc) is 3.06. The van der Waals surface area contributed by atoms with Crippen molar-refractivity contribution in [3.05, 3.63) is 53.2 Å². The minimum absolute atomic E-state index is 0.0744. The Morgan fingerprint density at radius 2 is 1.84 bits per heavy atom. The predicted molar refractivity (Wildman–Crippen MR) is 87.8 cm³/mol. The van der Waals surface area contributed by atoms with Gasteiger partial charge in [0.2, 0.25) is 5.28 Å². The maximum absolute atomic E-state index is 12.6. The highest BCUT2D eigenvalue weighted by Gasteiger charge is 2.33. The van der Waals surface area contributed by atoms with Crippen LogP contribution in [-0.4, -0.2) is 19.9 Å². The van der Waals surface area contributed by atoms with Crippen LogP contribution >= 0.6 is 11.6 Å². The quantitative estimate of drug-likeness (QED) is 0.610. The summed E-state index contributed by atoms with van der Waals surface area (Å²) in [6.07, 6.45) is -2.28. The molecule has 0 radical (unpaired) electrons. The summed E-state index contributed by atoms with van der Waals surface area (Å²) in [5, 5.41) is 3.09. The molecule has 2 heterocycles. The van der Waals surface area contributed by atoms with Gasteiger partial charge < -0.3 is 16.0 Å². The van der Waals surface area contributed by atoms with Crippen LogP contribution in [0.1, 0.15) is 11.3 Å². The maximum Gasteiger partial charge on any atom is 0.432 e. The van der Waals surface area contributed by atoms with Crippen molar-refractivity contribution in [1.82, 2.24) is 19.9 Å². The largest absolute Gasteiger partial charge is 0.432 e. The first-order chi connectivity index (χ1) is 11.8. The maximum atomic E-state index is 12.6. The van der Waals surface area contributed by atoms with E-state index in [1.54, 1.807) is 24.3 Å². The zero-order chi connectivity index (χ0) is 18.0. The number of nitrogen functional groups attached to an aromatic ring is 1. The first kappa shape index (κ1) is 17.0. The molecule has 0 spiro atoms. The van der Waals surface area contributed by atoms with Crippen molar-refractivity contribution in [3.8, 4) is 11.4 Å². The van der Waals surface area contributed by atoms with Gasteiger partial charge in [-0.05, 0) is 17.2 Å². The molecule has 10 heteroatoms. The van der Waals surface area contributed by atoms with Crippen molar-refractivity contribution in [3.63, 3.8) is 0 Å². The van der Waals surface area contributed by atoms with Gasteiger partial charge in [0.1, 0.15) is 11.5 Å². The standard InChI is InChI=1S/C15H12ClF3N6/c16-14-23-6-10(20)13(25-14)21-5-8-1-3-9(4-2-8)12-22-7-11(24-12)15(17,18)19/h1-4,6-7H,5,20H2,(H,22,24)(H,21,23,25). The molecule has 25 heavy (non-hydrogen) atoms. The molecular weight excluding hydrogens is 357 g/mol. The fourth-order valence-electron chi connectivity index (χ4n) is 2.09. The van der Waals surface area contributed by atoms with Crippen molar-refractivity contribution in [1.29, 1.82) is 0 Å². The molecule has 0 bridgehead atoms. The Hall–Kier alpha value is -2.81. The molecule has 0 saturated heterocycles. The predicted octanol–water partition coefficient (Wildman–Crippen LogP) is 3.73. The molecule has 0 aliphatic rings. The SMILES string of the molecule is Nc1cnc(Cl)nc1NCc1ccc(-c2ncc(C(F)(F)F)[nH]2)cc1. The fourth-order valence-corrected chi connectivity index (χ4v) is 2.22. The molecule has 130 valence electrons. The second-order valence-electron chi connectivity index (χ2n) is 5.14. The molecule has 0 saturated carbocycles. The Balaban J connectivity index is 1.70. The van der Waals surface area contributed by atoms with Gasteiger partial charge in [-0.3, -0.25) is 0 Å². The van der Waals surface area contributed by atoms with Crippen LogP contribution in [0.2, 0.25) is 5.28 Å². The summed E-state index contributed by atoms with van der Waals surface area (Å²) >= 11 is 5.71. The van der Waals surface area contributed by atoms with Crippen LogP contribution in [0.15, 0.2) is 36.7 Å². The molecule has 0 aliphatic carbocycles. The Bertz CT molecular complexity index is 876. The minimum atomic E-state index is -4.45. The van der Waals surface area contributed by atoms with E-state index in [2.05, 4.69) is 25.3 Å². The number of H-pyrrole nitrogens is 1. The van der Waals surface area contributed by atoms with E-state index in [0.717, 1.165) is 11.8 Å². The van der Waals surface area contributed by atoms with E-state index in [1.165, 1.54) is 6.20 Å². The Kier molecular flexibility index (Phi) is 4.49. The average molecular weight is 369 g/mol. The van der Waals surface area contributed by atoms with Gasteiger partial charge in [0.25, 0.3) is 0 Å². The number of rotatable bonds is 4. The van der Waals surface area contributed by atoms with E-state index in [0.29, 0.717) is 23.6 Å². The minimum Gasteiger partial charge on any atom is -0.394 e. The summed E-state index contributed by atoms with van der Waals surface area (Å²) in [7, 11) is 0. The van der Waals surface area contributed by atoms with Crippen LogP contribution in [0.4, 0.5) is 24.7 Å². The van der Waals surface area contributed by atoms with Gasteiger partial charge in [-0.2, -0.15) is 18.2 Å². The molecule has 0 amide bonds. The summed E-state index contributed by atoms with van der Waals surface area (Å²) in [5.41, 5.74) is 6.63. The third kappa shape index (κ3) is 4.00. The number of aromatic nitrogens is 4. The fraction of sp³-hybridized carbons (Fsp3) is 0.133. The van der Waals surface area contributed by atoms with Crippen molar-refractivity contribution in [2.75, 3.05) is 11.1 Å². The van der Waals surface area contributed by atoms with Gasteiger partial charge >= 0.3 is 6.18 Å². The number of anilines is 2. The number of imidazole rings is 1. The smallest absolute Gasteiger partial charge is 0.394 e. The Morgan fingerprint density at radius 3 is 2.48 bits per heavy atom. The molecule has 6 nitrogen and oxygen atoms in total. The number of aromatic amines is 1. The van der Waals surface area contributed by atoms with Gasteiger partial charge in [-0.25, -0.2) is 9.97 Å². The number of nitrogens with zero attached hydrogens (tertiary/aromatic N) is 3. The Labute approximate surface area is 145 Å². The molecule has 0 aliphatic heterocycles. The van der Waals surface area contributed by atoms with Crippen LogP contribution in [-0.2, 0) is 12.7 Å². The van der Waals surface area contributed by atoms with E-state index in [4.69, 9.17) is 17.3 Å². The van der Waals surface area contributed by atoms with Gasteiger partial charge in [-0.1, -0.05) is 24.3 Å². The summed E-state index contributed by atoms with van der Waals surface area (Å²) in [6.45, 7) is 0.407. The summed E-state index contributed by atoms with van der Waals surface area (Å²) in [6, 6.07) is 6.87. The monoisotopic (exact) mass is 368 g/mol. The molecule has 1 aromatic carbocycles. The highest BCUT2D eigenvalue weighted by atomic mass is 35.5. The van der Waals surface area contributed by atoms with Gasteiger partial charge in [0.15, 0.2) is 5.82 Å². The van der Waals surface area contributed by atoms with Gasteiger partial charge in [0.05, 0.1) is 18.1 Å². The number of nitrogens with two attached hydrogens (primary N) is 1. The van der Waals surface area contributed by atoms with E-state index in [1.807, 2.05) is 0 Å². The normalized spacial score (nSPS) is 11.5. The highest BCUT2D eigenvalue weighted by Crippen LogP contribution is 2.29. The number of hydrogen-bond donors (Lipinski definition) is 3. The molecule has 0 fully saturated rings. The molecule has 0 unspecified atom stereocenters. The second kappa shape index (κ2) is 6.60. The zero-order valence-corrected chi connectivity index (χ0v) is 13.4. The molecule has 3 aromatic rings. The summed E-state index contributed by atoms with van der Waals surface area (Å²) < 4.78 is 37.8. The number of halogens is 4. The van der Waals surface area contributed by atoms with E-state index in [9.17, 15) is 13.2 Å². The second-order valence-corrected chi connectivity index (χ2v) is 5.47. The lowest BCUT2D eigenvalue weighted by atomic mass is 10.1. The molecule has 0 atom stereocenters. The highest BCUT2D eigenvalue weighted by molar-refractivity contribution is 6.28. The van der Waals surface area contributed by atoms with Crippen molar-refractivity contribution in [2.45, 2.75) is 12.7 Å². The molecule has 2 aromatic heterocycles. The van der Waals surface area contributed by atoms with Crippen molar-refractivity contribution >= 4 is 23.1 Å². The van der Waals surface area contributed by atoms with E-state index in [-0.39, 0.29) is 11.1 Å². The van der Waals surface area contributed by atoms with E-state index >= 15 is 0 Å². The van der Waals surface area contributed by atoms with Crippen molar-refractivity contribution < 1.29 is 13.2 Å².